The molecule has 2 aliphatic heterocycles. The van der Waals surface area contributed by atoms with Crippen molar-refractivity contribution in [1.82, 2.24) is 0 Å². The van der Waals surface area contributed by atoms with Gasteiger partial charge in [0.2, 0.25) is 12.2 Å². The van der Waals surface area contributed by atoms with Crippen LogP contribution in [-0.4, -0.2) is 116 Å². The molecule has 0 saturated carbocycles. The number of amides is 1. The van der Waals surface area contributed by atoms with Gasteiger partial charge in [-0.2, -0.15) is 0 Å². The van der Waals surface area contributed by atoms with Gasteiger partial charge in [-0.1, -0.05) is 0 Å². The van der Waals surface area contributed by atoms with Crippen molar-refractivity contribution in [2.24, 2.45) is 0 Å². The van der Waals surface area contributed by atoms with Crippen molar-refractivity contribution in [2.45, 2.75) is 68.3 Å². The average molecular weight is 475 g/mol. The summed E-state index contributed by atoms with van der Waals surface area (Å²) >= 11 is 0. The number of hydrogen-bond donors (Lipinski definition) is 8. The Morgan fingerprint density at radius 3 is 2.00 bits per heavy atom. The van der Waals surface area contributed by atoms with Gasteiger partial charge in [-0.05, 0) is 24.3 Å². The van der Waals surface area contributed by atoms with E-state index in [1.807, 2.05) is 0 Å². The number of benzene rings is 1. The van der Waals surface area contributed by atoms with Crippen LogP contribution in [0.25, 0.3) is 0 Å². The van der Waals surface area contributed by atoms with Crippen LogP contribution in [0.3, 0.4) is 0 Å². The monoisotopic (exact) mass is 475 g/mol. The minimum Gasteiger partial charge on any atom is -0.462 e. The lowest BCUT2D eigenvalue weighted by Gasteiger charge is -2.45. The Kier molecular flexibility index (Phi) is 8.58. The SMILES string of the molecule is CC(=O)Nc1ccc(O[C@H]2OC(CO)[C@@H](OC3OC(CO)[C@@H](O)C(O)[C@H]3O)C(O)C2O)cc1. The summed E-state index contributed by atoms with van der Waals surface area (Å²) in [6.07, 6.45) is -15.3. The van der Waals surface area contributed by atoms with Gasteiger partial charge in [0.05, 0.1) is 13.2 Å². The molecule has 13 nitrogen and oxygen atoms in total. The third-order valence-corrected chi connectivity index (χ3v) is 5.39. The molecule has 13 heteroatoms. The number of nitrogens with one attached hydrogen (secondary N) is 1. The van der Waals surface area contributed by atoms with Gasteiger partial charge in [0.1, 0.15) is 54.6 Å². The normalized spacial score (nSPS) is 39.2. The molecule has 6 unspecified atom stereocenters. The first kappa shape index (κ1) is 25.7. The van der Waals surface area contributed by atoms with E-state index in [1.54, 1.807) is 12.1 Å². The van der Waals surface area contributed by atoms with Crippen LogP contribution in [0.4, 0.5) is 5.69 Å². The number of aliphatic hydroxyl groups excluding tert-OH is 7. The fourth-order valence-electron chi connectivity index (χ4n) is 3.61. The maximum Gasteiger partial charge on any atom is 0.229 e. The van der Waals surface area contributed by atoms with Gasteiger partial charge in [-0.15, -0.1) is 0 Å². The van der Waals surface area contributed by atoms with Crippen LogP contribution in [-0.2, 0) is 19.0 Å². The number of ether oxygens (including phenoxy) is 4. The second-order valence-corrected chi connectivity index (χ2v) is 7.83. The Bertz CT molecular complexity index is 775. The zero-order chi connectivity index (χ0) is 24.3. The molecular weight excluding hydrogens is 446 g/mol. The highest BCUT2D eigenvalue weighted by Crippen LogP contribution is 2.30. The first-order valence-corrected chi connectivity index (χ1v) is 10.3. The highest BCUT2D eigenvalue weighted by molar-refractivity contribution is 5.88. The Labute approximate surface area is 188 Å². The van der Waals surface area contributed by atoms with Crippen molar-refractivity contribution in [3.05, 3.63) is 24.3 Å². The topological polar surface area (TPSA) is 208 Å². The van der Waals surface area contributed by atoms with Crippen molar-refractivity contribution < 1.29 is 59.5 Å². The molecule has 0 aromatic heterocycles. The molecule has 10 atom stereocenters. The van der Waals surface area contributed by atoms with E-state index in [-0.39, 0.29) is 11.7 Å². The van der Waals surface area contributed by atoms with Crippen LogP contribution < -0.4 is 10.1 Å². The molecule has 1 amide bonds. The highest BCUT2D eigenvalue weighted by Gasteiger charge is 2.51. The highest BCUT2D eigenvalue weighted by atomic mass is 16.7. The average Bonchev–Trinajstić information content (AvgIpc) is 2.79. The zero-order valence-corrected chi connectivity index (χ0v) is 17.7. The third-order valence-electron chi connectivity index (χ3n) is 5.39. The molecule has 1 aromatic carbocycles. The first-order valence-electron chi connectivity index (χ1n) is 10.3. The van der Waals surface area contributed by atoms with Gasteiger partial charge in [0.15, 0.2) is 6.29 Å². The van der Waals surface area contributed by atoms with Gasteiger partial charge in [-0.3, -0.25) is 4.79 Å². The number of aliphatic hydroxyl groups is 7. The second-order valence-electron chi connectivity index (χ2n) is 7.83. The number of rotatable bonds is 7. The van der Waals surface area contributed by atoms with E-state index in [2.05, 4.69) is 5.32 Å². The number of carbonyl (C=O) groups excluding carboxylic acids is 1. The number of anilines is 1. The quantitative estimate of drug-likeness (QED) is 0.195. The molecule has 0 radical (unpaired) electrons. The number of carbonyl (C=O) groups is 1. The Balaban J connectivity index is 1.68. The summed E-state index contributed by atoms with van der Waals surface area (Å²) in [6, 6.07) is 6.10. The van der Waals surface area contributed by atoms with Crippen molar-refractivity contribution in [1.29, 1.82) is 0 Å². The first-order chi connectivity index (χ1) is 15.7. The summed E-state index contributed by atoms with van der Waals surface area (Å²) in [4.78, 5) is 11.1. The fourth-order valence-corrected chi connectivity index (χ4v) is 3.61. The molecule has 8 N–H and O–H groups in total. The van der Waals surface area contributed by atoms with Crippen LogP contribution >= 0.6 is 0 Å². The van der Waals surface area contributed by atoms with E-state index in [9.17, 15) is 40.5 Å². The van der Waals surface area contributed by atoms with Crippen LogP contribution in [0.1, 0.15) is 6.92 Å². The van der Waals surface area contributed by atoms with Crippen molar-refractivity contribution in [2.75, 3.05) is 18.5 Å². The fraction of sp³-hybridized carbons (Fsp3) is 0.650. The molecule has 0 bridgehead atoms. The standard InChI is InChI=1S/C20H29NO12/c1-8(24)21-9-2-4-10(5-3-9)30-19-17(29)15(27)18(12(7-23)32-19)33-20-16(28)14(26)13(25)11(6-22)31-20/h2-5,11-20,22-23,25-29H,6-7H2,1H3,(H,21,24)/t11?,12?,13-,14?,15?,16-,17?,18-,19+,20?/m1/s1. The predicted molar refractivity (Wildman–Crippen MR) is 108 cm³/mol. The molecule has 3 rings (SSSR count). The Hall–Kier alpha value is -1.91. The van der Waals surface area contributed by atoms with Crippen LogP contribution in [0, 0.1) is 0 Å². The maximum absolute atomic E-state index is 11.1. The summed E-state index contributed by atoms with van der Waals surface area (Å²) in [7, 11) is 0. The minimum atomic E-state index is -1.75. The lowest BCUT2D eigenvalue weighted by Crippen LogP contribution is -2.65. The smallest absolute Gasteiger partial charge is 0.229 e. The lowest BCUT2D eigenvalue weighted by atomic mass is 9.97. The summed E-state index contributed by atoms with van der Waals surface area (Å²) in [5.74, 6) is -0.0144. The van der Waals surface area contributed by atoms with E-state index in [4.69, 9.17) is 18.9 Å². The number of hydrogen-bond acceptors (Lipinski definition) is 12. The second kappa shape index (κ2) is 11.0. The van der Waals surface area contributed by atoms with Gasteiger partial charge >= 0.3 is 0 Å². The van der Waals surface area contributed by atoms with Crippen LogP contribution in [0.15, 0.2) is 24.3 Å². The predicted octanol–water partition coefficient (Wildman–Crippen LogP) is -3.35. The van der Waals surface area contributed by atoms with Crippen LogP contribution in [0.2, 0.25) is 0 Å². The van der Waals surface area contributed by atoms with Gasteiger partial charge in [0, 0.05) is 12.6 Å². The summed E-state index contributed by atoms with van der Waals surface area (Å²) < 4.78 is 21.8. The molecule has 2 saturated heterocycles. The van der Waals surface area contributed by atoms with E-state index in [1.165, 1.54) is 19.1 Å². The molecule has 186 valence electrons. The maximum atomic E-state index is 11.1. The molecule has 0 aliphatic carbocycles. The van der Waals surface area contributed by atoms with E-state index in [0.717, 1.165) is 0 Å². The largest absolute Gasteiger partial charge is 0.462 e. The zero-order valence-electron chi connectivity index (χ0n) is 17.7. The summed E-state index contributed by atoms with van der Waals surface area (Å²) in [5, 5.41) is 72.6. The van der Waals surface area contributed by atoms with Crippen LogP contribution in [0.5, 0.6) is 5.75 Å². The van der Waals surface area contributed by atoms with Crippen molar-refractivity contribution >= 4 is 11.6 Å². The Morgan fingerprint density at radius 2 is 1.42 bits per heavy atom. The molecule has 2 heterocycles. The molecule has 2 aliphatic rings. The van der Waals surface area contributed by atoms with Gasteiger partial charge in [0.25, 0.3) is 0 Å². The molecule has 1 aromatic rings. The summed E-state index contributed by atoms with van der Waals surface area (Å²) in [6.45, 7) is 0.000118. The van der Waals surface area contributed by atoms with Crippen molar-refractivity contribution in [3.8, 4) is 5.75 Å². The molecule has 2 fully saturated rings. The Morgan fingerprint density at radius 1 is 0.848 bits per heavy atom. The lowest BCUT2D eigenvalue weighted by molar-refractivity contribution is -0.352. The van der Waals surface area contributed by atoms with Crippen molar-refractivity contribution in [3.63, 3.8) is 0 Å². The molecule has 33 heavy (non-hydrogen) atoms. The molecule has 0 spiro atoms. The van der Waals surface area contributed by atoms with E-state index in [0.29, 0.717) is 5.69 Å². The van der Waals surface area contributed by atoms with Gasteiger partial charge in [-0.25, -0.2) is 0 Å². The van der Waals surface area contributed by atoms with E-state index >= 15 is 0 Å². The minimum absolute atomic E-state index is 0.241. The van der Waals surface area contributed by atoms with Gasteiger partial charge < -0.3 is 60.0 Å². The third kappa shape index (κ3) is 5.78. The van der Waals surface area contributed by atoms with E-state index < -0.39 is 74.6 Å². The molecular formula is C20H29NO12. The summed E-state index contributed by atoms with van der Waals surface area (Å²) in [5.41, 5.74) is 0.515.